The third-order valence-corrected chi connectivity index (χ3v) is 3.43. The van der Waals surface area contributed by atoms with Crippen molar-refractivity contribution < 1.29 is 14.3 Å². The van der Waals surface area contributed by atoms with Gasteiger partial charge in [-0.15, -0.1) is 0 Å². The van der Waals surface area contributed by atoms with Crippen molar-refractivity contribution in [3.63, 3.8) is 0 Å². The van der Waals surface area contributed by atoms with Crippen molar-refractivity contribution >= 4 is 0 Å². The molecule has 1 fully saturated rings. The Labute approximate surface area is 87.3 Å². The summed E-state index contributed by atoms with van der Waals surface area (Å²) in [5, 5.41) is 10.1. The van der Waals surface area contributed by atoms with Crippen LogP contribution >= 0.6 is 0 Å². The van der Waals surface area contributed by atoms with E-state index in [1.54, 1.807) is 0 Å². The average molecular weight is 202 g/mol. The van der Waals surface area contributed by atoms with E-state index in [2.05, 4.69) is 35.0 Å². The number of hydrogen-bond acceptors (Lipinski definition) is 2. The fourth-order valence-corrected chi connectivity index (χ4v) is 2.57. The van der Waals surface area contributed by atoms with Crippen LogP contribution in [-0.2, 0) is 4.74 Å². The Balaban J connectivity index is 2.88. The van der Waals surface area contributed by atoms with Crippen LogP contribution in [0.25, 0.3) is 0 Å². The molecule has 3 heteroatoms. The highest BCUT2D eigenvalue weighted by Crippen LogP contribution is 2.30. The molecule has 0 bridgehead atoms. The number of aliphatic hydroxyl groups is 1. The Morgan fingerprint density at radius 2 is 1.50 bits per heavy atom. The number of hydrogen-bond donors (Lipinski definition) is 1. The summed E-state index contributed by atoms with van der Waals surface area (Å²) in [6.07, 6.45) is -0.180. The van der Waals surface area contributed by atoms with E-state index in [9.17, 15) is 5.11 Å². The molecule has 1 rings (SSSR count). The molecule has 0 aromatic rings. The first-order chi connectivity index (χ1) is 6.25. The van der Waals surface area contributed by atoms with Crippen molar-refractivity contribution in [2.45, 2.75) is 45.1 Å². The Kier molecular flexibility index (Phi) is 3.24. The Morgan fingerprint density at radius 3 is 1.93 bits per heavy atom. The van der Waals surface area contributed by atoms with Crippen molar-refractivity contribution in [2.75, 3.05) is 21.1 Å². The second-order valence-corrected chi connectivity index (χ2v) is 5.50. The number of likely N-dealkylation sites (N-methyl/N-ethyl adjacent to an activating group) is 1. The monoisotopic (exact) mass is 202 g/mol. The van der Waals surface area contributed by atoms with Gasteiger partial charge in [0.05, 0.1) is 33.4 Å². The maximum Gasteiger partial charge on any atom is 0.132 e. The Morgan fingerprint density at radius 1 is 1.00 bits per heavy atom. The molecule has 1 aliphatic rings. The molecular formula is C11H24NO2+. The van der Waals surface area contributed by atoms with E-state index in [-0.39, 0.29) is 24.4 Å². The quantitative estimate of drug-likeness (QED) is 0.639. The van der Waals surface area contributed by atoms with E-state index in [1.165, 1.54) is 0 Å². The van der Waals surface area contributed by atoms with Crippen LogP contribution in [0.1, 0.15) is 20.8 Å². The normalized spacial score (nSPS) is 45.2. The Bertz CT molecular complexity index is 186. The average Bonchev–Trinajstić information content (AvgIpc) is 1.98. The van der Waals surface area contributed by atoms with Gasteiger partial charge in [-0.3, -0.25) is 0 Å². The van der Waals surface area contributed by atoms with Crippen molar-refractivity contribution in [3.8, 4) is 0 Å². The van der Waals surface area contributed by atoms with E-state index in [4.69, 9.17) is 4.74 Å². The molecule has 1 aliphatic heterocycles. The minimum atomic E-state index is -0.360. The number of nitrogens with zero attached hydrogens (tertiary/aromatic N) is 1. The van der Waals surface area contributed by atoms with E-state index < -0.39 is 0 Å². The van der Waals surface area contributed by atoms with Crippen LogP contribution < -0.4 is 0 Å². The summed E-state index contributed by atoms with van der Waals surface area (Å²) in [5.74, 6) is 0.390. The first kappa shape index (κ1) is 12.0. The van der Waals surface area contributed by atoms with Crippen LogP contribution in [0.4, 0.5) is 0 Å². The molecule has 5 atom stereocenters. The molecule has 0 spiro atoms. The molecule has 0 aromatic carbocycles. The highest BCUT2D eigenvalue weighted by atomic mass is 16.5. The molecule has 0 radical (unpaired) electrons. The highest BCUT2D eigenvalue weighted by Gasteiger charge is 2.46. The molecule has 0 amide bonds. The molecule has 1 heterocycles. The lowest BCUT2D eigenvalue weighted by Crippen LogP contribution is -2.63. The molecule has 0 aliphatic carbocycles. The molecule has 3 nitrogen and oxygen atoms in total. The van der Waals surface area contributed by atoms with Gasteiger partial charge in [0.1, 0.15) is 12.1 Å². The fraction of sp³-hybridized carbons (Fsp3) is 1.00. The zero-order valence-electron chi connectivity index (χ0n) is 10.2. The first-order valence-corrected chi connectivity index (χ1v) is 5.39. The van der Waals surface area contributed by atoms with Gasteiger partial charge in [-0.25, -0.2) is 0 Å². The summed E-state index contributed by atoms with van der Waals surface area (Å²) in [4.78, 5) is 0. The third-order valence-electron chi connectivity index (χ3n) is 3.43. The maximum atomic E-state index is 10.1. The molecule has 84 valence electrons. The summed E-state index contributed by atoms with van der Waals surface area (Å²) >= 11 is 0. The van der Waals surface area contributed by atoms with Crippen LogP contribution in [0.5, 0.6) is 0 Å². The lowest BCUT2D eigenvalue weighted by atomic mass is 9.85. The number of ether oxygens (including phenoxy) is 1. The fourth-order valence-electron chi connectivity index (χ4n) is 2.57. The number of quaternary nitrogens is 1. The van der Waals surface area contributed by atoms with Gasteiger partial charge in [0.2, 0.25) is 0 Å². The van der Waals surface area contributed by atoms with Gasteiger partial charge >= 0.3 is 0 Å². The Hall–Kier alpha value is -0.120. The predicted molar refractivity (Wildman–Crippen MR) is 57.0 cm³/mol. The SMILES string of the molecule is CC1OC(C)[C@@H](O)C([N+](C)(C)C)C1C. The summed E-state index contributed by atoms with van der Waals surface area (Å²) in [6, 6.07) is 0.258. The zero-order chi connectivity index (χ0) is 11.1. The molecular weight excluding hydrogens is 178 g/mol. The second kappa shape index (κ2) is 3.80. The van der Waals surface area contributed by atoms with Gasteiger partial charge in [0.15, 0.2) is 0 Å². The molecule has 4 unspecified atom stereocenters. The third kappa shape index (κ3) is 2.10. The smallest absolute Gasteiger partial charge is 0.132 e. The predicted octanol–water partition coefficient (Wildman–Crippen LogP) is 0.865. The highest BCUT2D eigenvalue weighted by molar-refractivity contribution is 4.87. The van der Waals surface area contributed by atoms with Gasteiger partial charge < -0.3 is 14.3 Å². The van der Waals surface area contributed by atoms with Crippen molar-refractivity contribution in [3.05, 3.63) is 0 Å². The molecule has 1 saturated heterocycles. The minimum absolute atomic E-state index is 0.0523. The van der Waals surface area contributed by atoms with Crippen LogP contribution in [0, 0.1) is 5.92 Å². The van der Waals surface area contributed by atoms with Gasteiger partial charge in [0.25, 0.3) is 0 Å². The summed E-state index contributed by atoms with van der Waals surface area (Å²) in [5.41, 5.74) is 0. The maximum absolute atomic E-state index is 10.1. The lowest BCUT2D eigenvalue weighted by molar-refractivity contribution is -0.906. The topological polar surface area (TPSA) is 29.5 Å². The van der Waals surface area contributed by atoms with Gasteiger partial charge in [-0.1, -0.05) is 6.92 Å². The zero-order valence-corrected chi connectivity index (χ0v) is 10.2. The van der Waals surface area contributed by atoms with E-state index in [0.29, 0.717) is 5.92 Å². The van der Waals surface area contributed by atoms with Gasteiger partial charge in [0, 0.05) is 5.92 Å². The lowest BCUT2D eigenvalue weighted by Gasteiger charge is -2.47. The van der Waals surface area contributed by atoms with Crippen LogP contribution in [0.3, 0.4) is 0 Å². The first-order valence-electron chi connectivity index (χ1n) is 5.39. The van der Waals surface area contributed by atoms with Crippen molar-refractivity contribution in [1.82, 2.24) is 0 Å². The van der Waals surface area contributed by atoms with Crippen molar-refractivity contribution in [1.29, 1.82) is 0 Å². The van der Waals surface area contributed by atoms with Gasteiger partial charge in [-0.2, -0.15) is 0 Å². The molecule has 1 N–H and O–H groups in total. The van der Waals surface area contributed by atoms with Crippen LogP contribution in [0.2, 0.25) is 0 Å². The number of aliphatic hydroxyl groups excluding tert-OH is 1. The van der Waals surface area contributed by atoms with E-state index >= 15 is 0 Å². The second-order valence-electron chi connectivity index (χ2n) is 5.50. The molecule has 0 saturated carbocycles. The largest absolute Gasteiger partial charge is 0.384 e. The van der Waals surface area contributed by atoms with E-state index in [1.807, 2.05) is 6.92 Å². The standard InChI is InChI=1S/C11H24NO2/c1-7-8(2)14-9(3)11(13)10(7)12(4,5)6/h7-11,13H,1-6H3/q+1/t7?,8?,9?,10?,11-/m1/s1. The van der Waals surface area contributed by atoms with Crippen LogP contribution in [-0.4, -0.2) is 55.1 Å². The summed E-state index contributed by atoms with van der Waals surface area (Å²) in [7, 11) is 6.40. The van der Waals surface area contributed by atoms with E-state index in [0.717, 1.165) is 4.48 Å². The number of rotatable bonds is 1. The van der Waals surface area contributed by atoms with Gasteiger partial charge in [-0.05, 0) is 13.8 Å². The summed E-state index contributed by atoms with van der Waals surface area (Å²) in [6.45, 7) is 6.21. The molecule has 14 heavy (non-hydrogen) atoms. The van der Waals surface area contributed by atoms with Crippen LogP contribution in [0.15, 0.2) is 0 Å². The van der Waals surface area contributed by atoms with Crippen molar-refractivity contribution in [2.24, 2.45) is 5.92 Å². The minimum Gasteiger partial charge on any atom is -0.384 e. The molecule has 0 aromatic heterocycles. The summed E-state index contributed by atoms with van der Waals surface area (Å²) < 4.78 is 6.47.